The van der Waals surface area contributed by atoms with Crippen molar-refractivity contribution in [1.82, 2.24) is 18.5 Å². The Labute approximate surface area is 272 Å². The van der Waals surface area contributed by atoms with Crippen molar-refractivity contribution in [3.05, 3.63) is 140 Å². The van der Waals surface area contributed by atoms with Gasteiger partial charge in [-0.15, -0.1) is 0 Å². The monoisotopic (exact) mass is 598 g/mol. The minimum absolute atomic E-state index is 0. The van der Waals surface area contributed by atoms with Crippen LogP contribution in [0, 0.1) is 5.82 Å². The molecule has 0 amide bonds. The molecule has 3 aromatic carbocycles. The molecule has 9 nitrogen and oxygen atoms in total. The van der Waals surface area contributed by atoms with Crippen LogP contribution in [0.5, 0.6) is 0 Å². The van der Waals surface area contributed by atoms with Crippen molar-refractivity contribution in [2.45, 2.75) is 26.4 Å². The molecule has 11 heteroatoms. The number of aromatic nitrogens is 4. The second kappa shape index (κ2) is 12.5. The zero-order chi connectivity index (χ0) is 30.2. The number of fused-ring (bicyclic) bond motifs is 2. The van der Waals surface area contributed by atoms with Crippen LogP contribution in [0.1, 0.15) is 45.4 Å². The van der Waals surface area contributed by atoms with E-state index in [9.17, 15) is 28.7 Å². The van der Waals surface area contributed by atoms with Crippen molar-refractivity contribution in [1.29, 1.82) is 0 Å². The van der Waals surface area contributed by atoms with E-state index in [1.807, 2.05) is 6.92 Å². The zero-order valence-corrected chi connectivity index (χ0v) is 26.0. The standard InChI is InChI=1S/C33H25FN4O5.Na/c1-2-15-37-26-14-11-22(18-25(26)31(40)38(33(37)43)19-20-9-12-24(34)13-10-20)29(39)30-35-28(27-8-3-4-16-36(27)30)21-6-5-7-23(17-21)32(41)42;/h3-14,16-18H,2,15,19H2,1H3,(H,41,42);/q;+1/p-1. The third kappa shape index (κ3) is 5.55. The summed E-state index contributed by atoms with van der Waals surface area (Å²) in [6.45, 7) is 2.20. The third-order valence-corrected chi connectivity index (χ3v) is 7.31. The van der Waals surface area contributed by atoms with Crippen molar-refractivity contribution in [2.75, 3.05) is 0 Å². The molecule has 0 aliphatic rings. The van der Waals surface area contributed by atoms with Crippen LogP contribution >= 0.6 is 0 Å². The number of imidazole rings is 1. The number of rotatable bonds is 8. The van der Waals surface area contributed by atoms with Gasteiger partial charge in [0.1, 0.15) is 5.82 Å². The molecule has 44 heavy (non-hydrogen) atoms. The van der Waals surface area contributed by atoms with Gasteiger partial charge in [0.05, 0.1) is 34.6 Å². The molecule has 0 saturated carbocycles. The molecule has 6 aromatic rings. The first-order valence-corrected chi connectivity index (χ1v) is 13.6. The second-order valence-electron chi connectivity index (χ2n) is 10.1. The summed E-state index contributed by atoms with van der Waals surface area (Å²) in [6.07, 6.45) is 2.31. The van der Waals surface area contributed by atoms with Gasteiger partial charge in [0.2, 0.25) is 5.78 Å². The molecule has 6 rings (SSSR count). The first kappa shape index (κ1) is 30.8. The third-order valence-electron chi connectivity index (χ3n) is 7.31. The minimum atomic E-state index is -1.33. The Kier molecular flexibility index (Phi) is 8.78. The van der Waals surface area contributed by atoms with Crippen molar-refractivity contribution in [2.24, 2.45) is 0 Å². The average molecular weight is 599 g/mol. The molecular weight excluding hydrogens is 574 g/mol. The van der Waals surface area contributed by atoms with Crippen LogP contribution < -0.4 is 45.9 Å². The van der Waals surface area contributed by atoms with Gasteiger partial charge >= 0.3 is 35.2 Å². The van der Waals surface area contributed by atoms with Gasteiger partial charge in [0, 0.05) is 23.9 Å². The fraction of sp³-hybridized carbons (Fsp3) is 0.121. The van der Waals surface area contributed by atoms with Crippen molar-refractivity contribution in [3.63, 3.8) is 0 Å². The molecule has 0 atom stereocenters. The Morgan fingerprint density at radius 3 is 2.36 bits per heavy atom. The fourth-order valence-electron chi connectivity index (χ4n) is 5.25. The van der Waals surface area contributed by atoms with Gasteiger partial charge in [-0.05, 0) is 66.1 Å². The maximum atomic E-state index is 13.9. The SMILES string of the molecule is CCCn1c(=O)n(Cc2ccc(F)cc2)c(=O)c2cc(C(=O)c3nc(-c4cccc(C(=O)[O-])c4)c4ccccn34)ccc21.[Na+]. The van der Waals surface area contributed by atoms with Crippen molar-refractivity contribution >= 4 is 28.2 Å². The van der Waals surface area contributed by atoms with Gasteiger partial charge in [-0.2, -0.15) is 0 Å². The van der Waals surface area contributed by atoms with E-state index in [1.165, 1.54) is 47.0 Å². The normalized spacial score (nSPS) is 11.0. The molecule has 3 aromatic heterocycles. The Hall–Kier alpha value is -4.64. The first-order chi connectivity index (χ1) is 20.8. The van der Waals surface area contributed by atoms with Crippen LogP contribution in [-0.2, 0) is 13.1 Å². The summed E-state index contributed by atoms with van der Waals surface area (Å²) < 4.78 is 17.7. The molecule has 0 aliphatic carbocycles. The van der Waals surface area contributed by atoms with Crippen LogP contribution in [0.2, 0.25) is 0 Å². The molecule has 0 spiro atoms. The molecule has 0 bridgehead atoms. The molecule has 0 aliphatic heterocycles. The van der Waals surface area contributed by atoms with Gasteiger partial charge < -0.3 is 9.90 Å². The van der Waals surface area contributed by atoms with Crippen molar-refractivity contribution < 1.29 is 48.6 Å². The number of benzene rings is 3. The van der Waals surface area contributed by atoms with E-state index in [1.54, 1.807) is 53.1 Å². The van der Waals surface area contributed by atoms with E-state index in [2.05, 4.69) is 4.98 Å². The zero-order valence-electron chi connectivity index (χ0n) is 24.0. The Morgan fingerprint density at radius 1 is 0.864 bits per heavy atom. The number of carbonyl (C=O) groups is 2. The van der Waals surface area contributed by atoms with Gasteiger partial charge in [0.15, 0.2) is 5.82 Å². The van der Waals surface area contributed by atoms with Crippen LogP contribution in [0.15, 0.2) is 101 Å². The maximum Gasteiger partial charge on any atom is 1.00 e. The second-order valence-corrected chi connectivity index (χ2v) is 10.1. The van der Waals surface area contributed by atoms with Crippen LogP contribution in [0.3, 0.4) is 0 Å². The Bertz CT molecular complexity index is 2180. The topological polar surface area (TPSA) is 118 Å². The number of pyridine rings is 1. The van der Waals surface area contributed by atoms with E-state index in [4.69, 9.17) is 0 Å². The number of ketones is 1. The van der Waals surface area contributed by atoms with E-state index in [-0.39, 0.29) is 58.4 Å². The number of aromatic carboxylic acids is 1. The van der Waals surface area contributed by atoms with Crippen LogP contribution in [0.4, 0.5) is 4.39 Å². The van der Waals surface area contributed by atoms with Crippen LogP contribution in [0.25, 0.3) is 27.7 Å². The average Bonchev–Trinajstić information content (AvgIpc) is 3.41. The Morgan fingerprint density at radius 2 is 1.64 bits per heavy atom. The molecule has 0 radical (unpaired) electrons. The summed E-state index contributed by atoms with van der Waals surface area (Å²) in [6, 6.07) is 21.6. The molecule has 0 fully saturated rings. The maximum absolute atomic E-state index is 13.9. The quantitative estimate of drug-likeness (QED) is 0.188. The molecule has 214 valence electrons. The smallest absolute Gasteiger partial charge is 0.545 e. The van der Waals surface area contributed by atoms with Gasteiger partial charge in [-0.1, -0.05) is 43.3 Å². The van der Waals surface area contributed by atoms with Gasteiger partial charge in [0.25, 0.3) is 5.56 Å². The largest absolute Gasteiger partial charge is 1.00 e. The number of hydrogen-bond acceptors (Lipinski definition) is 6. The Balaban J connectivity index is 0.00000384. The number of aryl methyl sites for hydroxylation is 1. The summed E-state index contributed by atoms with van der Waals surface area (Å²) >= 11 is 0. The molecule has 0 saturated heterocycles. The van der Waals surface area contributed by atoms with E-state index >= 15 is 0 Å². The van der Waals surface area contributed by atoms with Gasteiger partial charge in [-0.3, -0.25) is 23.1 Å². The summed E-state index contributed by atoms with van der Waals surface area (Å²) in [5.74, 6) is -2.16. The molecule has 3 heterocycles. The summed E-state index contributed by atoms with van der Waals surface area (Å²) in [7, 11) is 0. The predicted molar refractivity (Wildman–Crippen MR) is 157 cm³/mol. The van der Waals surface area contributed by atoms with E-state index in [0.29, 0.717) is 40.8 Å². The van der Waals surface area contributed by atoms with Crippen molar-refractivity contribution in [3.8, 4) is 11.3 Å². The van der Waals surface area contributed by atoms with Gasteiger partial charge in [-0.25, -0.2) is 14.2 Å². The molecule has 0 unspecified atom stereocenters. The predicted octanol–water partition coefficient (Wildman–Crippen LogP) is 0.674. The number of halogens is 1. The number of hydrogen-bond donors (Lipinski definition) is 0. The van der Waals surface area contributed by atoms with E-state index in [0.717, 1.165) is 4.57 Å². The number of carboxylic acid groups (broad SMARTS) is 1. The number of carboxylic acids is 1. The molecule has 0 N–H and O–H groups in total. The minimum Gasteiger partial charge on any atom is -0.545 e. The van der Waals surface area contributed by atoms with E-state index < -0.39 is 28.8 Å². The fourth-order valence-corrected chi connectivity index (χ4v) is 5.25. The first-order valence-electron chi connectivity index (χ1n) is 13.6. The number of carbonyl (C=O) groups excluding carboxylic acids is 2. The summed E-state index contributed by atoms with van der Waals surface area (Å²) in [5, 5.41) is 11.6. The van der Waals surface area contributed by atoms with Crippen LogP contribution in [-0.4, -0.2) is 30.3 Å². The summed E-state index contributed by atoms with van der Waals surface area (Å²) in [4.78, 5) is 57.0. The summed E-state index contributed by atoms with van der Waals surface area (Å²) in [5.41, 5.74) is 1.56. The molecular formula is C33H24FN4NaO5. The number of nitrogens with zero attached hydrogens (tertiary/aromatic N) is 4.